The van der Waals surface area contributed by atoms with Crippen LogP contribution in [0.4, 0.5) is 0 Å². The van der Waals surface area contributed by atoms with E-state index in [2.05, 4.69) is 41.8 Å². The van der Waals surface area contributed by atoms with Crippen LogP contribution in [0, 0.1) is 0 Å². The van der Waals surface area contributed by atoms with Crippen LogP contribution in [0.25, 0.3) is 0 Å². The first-order valence-corrected chi connectivity index (χ1v) is 7.83. The number of carbonyl (C=O) groups is 2. The van der Waals surface area contributed by atoms with E-state index < -0.39 is 18.2 Å². The molecule has 0 fully saturated rings. The molecule has 0 aliphatic carbocycles. The molecule has 0 saturated carbocycles. The van der Waals surface area contributed by atoms with Crippen LogP contribution in [0.3, 0.4) is 0 Å². The van der Waals surface area contributed by atoms with E-state index in [1.54, 1.807) is 24.5 Å². The number of hydrogen-bond acceptors (Lipinski definition) is 6. The summed E-state index contributed by atoms with van der Waals surface area (Å²) >= 11 is 6.44. The lowest BCUT2D eigenvalue weighted by Gasteiger charge is -2.16. The molecular weight excluding hydrogens is 452 g/mol. The predicted molar refractivity (Wildman–Crippen MR) is 89.9 cm³/mol. The van der Waals surface area contributed by atoms with Gasteiger partial charge in [0, 0.05) is 28.3 Å². The zero-order valence-electron chi connectivity index (χ0n) is 12.2. The second-order valence-corrected chi connectivity index (χ2v) is 5.93. The van der Waals surface area contributed by atoms with Gasteiger partial charge in [0.2, 0.25) is 0 Å². The average molecular weight is 464 g/mol. The summed E-state index contributed by atoms with van der Waals surface area (Å²) in [6.07, 6.45) is 4.40. The summed E-state index contributed by atoms with van der Waals surface area (Å²) in [5.74, 6) is -1.55. The van der Waals surface area contributed by atoms with Gasteiger partial charge in [-0.2, -0.15) is 0 Å². The predicted octanol–water partition coefficient (Wildman–Crippen LogP) is 2.96. The topological polar surface area (TPSA) is 119 Å². The van der Waals surface area contributed by atoms with Crippen LogP contribution >= 0.6 is 31.9 Å². The van der Waals surface area contributed by atoms with Gasteiger partial charge in [-0.05, 0) is 44.0 Å². The molecule has 0 radical (unpaired) electrons. The highest BCUT2D eigenvalue weighted by atomic mass is 79.9. The van der Waals surface area contributed by atoms with Crippen LogP contribution in [0.2, 0.25) is 0 Å². The van der Waals surface area contributed by atoms with Crippen LogP contribution in [-0.2, 0) is 9.59 Å². The van der Waals surface area contributed by atoms with Crippen molar-refractivity contribution in [2.24, 2.45) is 0 Å². The highest BCUT2D eigenvalue weighted by molar-refractivity contribution is 9.10. The van der Waals surface area contributed by atoms with E-state index in [0.29, 0.717) is 8.95 Å². The first-order valence-electron chi connectivity index (χ1n) is 6.24. The van der Waals surface area contributed by atoms with Crippen molar-refractivity contribution in [1.29, 1.82) is 0 Å². The third-order valence-corrected chi connectivity index (χ3v) is 2.91. The second kappa shape index (κ2) is 9.83. The Hall–Kier alpha value is -2.20. The van der Waals surface area contributed by atoms with Crippen LogP contribution in [0.15, 0.2) is 45.9 Å². The van der Waals surface area contributed by atoms with Crippen molar-refractivity contribution in [3.63, 3.8) is 0 Å². The lowest BCUT2D eigenvalue weighted by Crippen LogP contribution is -2.33. The summed E-state index contributed by atoms with van der Waals surface area (Å²) in [5.41, 5.74) is 0. The van der Waals surface area contributed by atoms with E-state index in [9.17, 15) is 4.79 Å². The second-order valence-electron chi connectivity index (χ2n) is 4.10. The normalized spacial score (nSPS) is 9.67. The fourth-order valence-electron chi connectivity index (χ4n) is 1.29. The summed E-state index contributed by atoms with van der Waals surface area (Å²) in [6, 6.07) is 3.18. The number of ether oxygens (including phenoxy) is 2. The van der Waals surface area contributed by atoms with Gasteiger partial charge < -0.3 is 19.7 Å². The van der Waals surface area contributed by atoms with Crippen LogP contribution in [0.5, 0.6) is 11.5 Å². The standard InChI is InChI=1S/C12H8Br2N2O4.C2H4O2/c13-7-1-9(5-15-3-7)19-12(11(17)18)20-10-2-8(14)4-16-6-10;1-2(3)4/h1-6,12H,(H,17,18);1H3,(H,3,4). The van der Waals surface area contributed by atoms with E-state index in [0.717, 1.165) is 6.92 Å². The number of aromatic nitrogens is 2. The minimum atomic E-state index is -1.50. The Morgan fingerprint density at radius 3 is 1.62 bits per heavy atom. The zero-order valence-corrected chi connectivity index (χ0v) is 15.4. The van der Waals surface area contributed by atoms with Gasteiger partial charge in [0.25, 0.3) is 5.97 Å². The molecule has 0 amide bonds. The highest BCUT2D eigenvalue weighted by Gasteiger charge is 2.22. The van der Waals surface area contributed by atoms with Crippen molar-refractivity contribution >= 4 is 43.8 Å². The van der Waals surface area contributed by atoms with Crippen molar-refractivity contribution in [2.45, 2.75) is 13.2 Å². The molecule has 0 aliphatic heterocycles. The SMILES string of the molecule is CC(=O)O.O=C(O)C(Oc1cncc(Br)c1)Oc1cncc(Br)c1. The number of carboxylic acids is 2. The number of aliphatic carboxylic acids is 2. The molecule has 2 rings (SSSR count). The quantitative estimate of drug-likeness (QED) is 0.649. The van der Waals surface area contributed by atoms with Gasteiger partial charge in [-0.25, -0.2) is 4.79 Å². The summed E-state index contributed by atoms with van der Waals surface area (Å²) in [7, 11) is 0. The number of rotatable bonds is 5. The molecule has 2 aromatic heterocycles. The lowest BCUT2D eigenvalue weighted by atomic mass is 10.4. The molecule has 2 N–H and O–H groups in total. The van der Waals surface area contributed by atoms with Gasteiger partial charge in [0.1, 0.15) is 11.5 Å². The van der Waals surface area contributed by atoms with Crippen molar-refractivity contribution in [3.8, 4) is 11.5 Å². The Morgan fingerprint density at radius 2 is 1.33 bits per heavy atom. The minimum absolute atomic E-state index is 0.273. The van der Waals surface area contributed by atoms with Crippen LogP contribution < -0.4 is 9.47 Å². The molecule has 0 unspecified atom stereocenters. The van der Waals surface area contributed by atoms with E-state index in [-0.39, 0.29) is 11.5 Å². The van der Waals surface area contributed by atoms with Gasteiger partial charge in [-0.3, -0.25) is 14.8 Å². The van der Waals surface area contributed by atoms with E-state index in [4.69, 9.17) is 24.5 Å². The number of hydrogen-bond donors (Lipinski definition) is 2. The zero-order chi connectivity index (χ0) is 18.1. The number of carboxylic acid groups (broad SMARTS) is 2. The Labute approximate surface area is 153 Å². The fourth-order valence-corrected chi connectivity index (χ4v) is 1.97. The van der Waals surface area contributed by atoms with E-state index in [1.807, 2.05) is 0 Å². The molecule has 128 valence electrons. The molecule has 0 atom stereocenters. The van der Waals surface area contributed by atoms with E-state index in [1.165, 1.54) is 12.4 Å². The molecule has 0 aromatic carbocycles. The first kappa shape index (κ1) is 19.8. The van der Waals surface area contributed by atoms with Gasteiger partial charge in [0.15, 0.2) is 0 Å². The maximum atomic E-state index is 11.2. The minimum Gasteiger partial charge on any atom is -0.481 e. The fraction of sp³-hybridized carbons (Fsp3) is 0.143. The number of nitrogens with zero attached hydrogens (tertiary/aromatic N) is 2. The molecule has 2 aromatic rings. The molecule has 0 bridgehead atoms. The molecule has 10 heteroatoms. The molecule has 24 heavy (non-hydrogen) atoms. The van der Waals surface area contributed by atoms with Crippen molar-refractivity contribution < 1.29 is 29.3 Å². The molecule has 8 nitrogen and oxygen atoms in total. The van der Waals surface area contributed by atoms with Crippen LogP contribution in [-0.4, -0.2) is 38.4 Å². The van der Waals surface area contributed by atoms with Crippen molar-refractivity contribution in [1.82, 2.24) is 9.97 Å². The molecular formula is C14H12Br2N2O6. The Kier molecular flexibility index (Phi) is 8.13. The monoisotopic (exact) mass is 462 g/mol. The maximum absolute atomic E-state index is 11.2. The lowest BCUT2D eigenvalue weighted by molar-refractivity contribution is -0.158. The summed E-state index contributed by atoms with van der Waals surface area (Å²) in [4.78, 5) is 27.9. The first-order chi connectivity index (χ1) is 11.3. The van der Waals surface area contributed by atoms with Gasteiger partial charge in [-0.15, -0.1) is 0 Å². The van der Waals surface area contributed by atoms with Gasteiger partial charge in [0.05, 0.1) is 12.4 Å². The third-order valence-electron chi connectivity index (χ3n) is 2.05. The maximum Gasteiger partial charge on any atom is 0.387 e. The van der Waals surface area contributed by atoms with Crippen molar-refractivity contribution in [3.05, 3.63) is 45.9 Å². The summed E-state index contributed by atoms with van der Waals surface area (Å²) in [5, 5.41) is 16.5. The van der Waals surface area contributed by atoms with E-state index >= 15 is 0 Å². The Balaban J connectivity index is 0.000000648. The largest absolute Gasteiger partial charge is 0.481 e. The number of pyridine rings is 2. The van der Waals surface area contributed by atoms with Gasteiger partial charge >= 0.3 is 12.3 Å². The third kappa shape index (κ3) is 7.88. The Bertz CT molecular complexity index is 662. The highest BCUT2D eigenvalue weighted by Crippen LogP contribution is 2.20. The summed E-state index contributed by atoms with van der Waals surface area (Å²) in [6.45, 7) is 1.08. The summed E-state index contributed by atoms with van der Waals surface area (Å²) < 4.78 is 11.8. The van der Waals surface area contributed by atoms with Crippen LogP contribution in [0.1, 0.15) is 6.92 Å². The molecule has 0 saturated heterocycles. The molecule has 0 spiro atoms. The number of halogens is 2. The smallest absolute Gasteiger partial charge is 0.387 e. The van der Waals surface area contributed by atoms with Gasteiger partial charge in [-0.1, -0.05) is 0 Å². The molecule has 0 aliphatic rings. The van der Waals surface area contributed by atoms with Crippen molar-refractivity contribution in [2.75, 3.05) is 0 Å². The Morgan fingerprint density at radius 1 is 0.958 bits per heavy atom. The average Bonchev–Trinajstić information content (AvgIpc) is 2.46. The molecule has 2 heterocycles.